The summed E-state index contributed by atoms with van der Waals surface area (Å²) in [6, 6.07) is 16.8. The van der Waals surface area contributed by atoms with E-state index < -0.39 is 5.69 Å². The summed E-state index contributed by atoms with van der Waals surface area (Å²) in [6.07, 6.45) is 3.08. The molecule has 0 atom stereocenters. The Kier molecular flexibility index (Phi) is 5.57. The molecule has 4 aromatic rings. The van der Waals surface area contributed by atoms with Crippen LogP contribution in [-0.4, -0.2) is 29.2 Å². The van der Waals surface area contributed by atoms with Gasteiger partial charge in [0, 0.05) is 5.56 Å². The predicted molar refractivity (Wildman–Crippen MR) is 117 cm³/mol. The van der Waals surface area contributed by atoms with Crippen molar-refractivity contribution >= 4 is 27.6 Å². The van der Waals surface area contributed by atoms with Crippen molar-refractivity contribution in [1.82, 2.24) is 9.71 Å². The van der Waals surface area contributed by atoms with Gasteiger partial charge < -0.3 is 9.57 Å². The summed E-state index contributed by atoms with van der Waals surface area (Å²) >= 11 is 0. The minimum atomic E-state index is -0.455. The van der Waals surface area contributed by atoms with Gasteiger partial charge in [-0.2, -0.15) is 0 Å². The Morgan fingerprint density at radius 2 is 1.80 bits per heavy atom. The van der Waals surface area contributed by atoms with E-state index in [0.717, 1.165) is 34.8 Å². The number of ketones is 1. The van der Waals surface area contributed by atoms with Gasteiger partial charge >= 0.3 is 5.69 Å². The van der Waals surface area contributed by atoms with Crippen LogP contribution < -0.4 is 15.3 Å². The van der Waals surface area contributed by atoms with E-state index in [-0.39, 0.29) is 5.78 Å². The monoisotopic (exact) mass is 404 g/mol. The van der Waals surface area contributed by atoms with E-state index in [1.165, 1.54) is 7.11 Å². The van der Waals surface area contributed by atoms with Crippen molar-refractivity contribution < 1.29 is 14.4 Å². The third-order valence-electron chi connectivity index (χ3n) is 5.23. The highest BCUT2D eigenvalue weighted by Gasteiger charge is 2.22. The lowest BCUT2D eigenvalue weighted by atomic mass is 9.96. The van der Waals surface area contributed by atoms with Gasteiger partial charge in [-0.15, -0.1) is 4.73 Å². The first-order valence-electron chi connectivity index (χ1n) is 10.1. The zero-order valence-electron chi connectivity index (χ0n) is 17.1. The number of hydrogen-bond acceptors (Lipinski definition) is 4. The molecule has 0 spiro atoms. The SMILES string of the molecule is CCCCCOc1ccc(C(=O)c2cccc3ccccc23)c2c1[nH]c(=O)n2OC. The Labute approximate surface area is 174 Å². The number of unbranched alkanes of at least 4 members (excludes halogenated alkanes) is 2. The molecule has 0 fully saturated rings. The van der Waals surface area contributed by atoms with Gasteiger partial charge in [0.1, 0.15) is 23.9 Å². The molecule has 30 heavy (non-hydrogen) atoms. The topological polar surface area (TPSA) is 73.3 Å². The Balaban J connectivity index is 1.84. The van der Waals surface area contributed by atoms with Crippen molar-refractivity contribution in [3.05, 3.63) is 76.2 Å². The average molecular weight is 404 g/mol. The second-order valence-electron chi connectivity index (χ2n) is 7.15. The normalized spacial score (nSPS) is 11.1. The molecular weight excluding hydrogens is 380 g/mol. The first-order valence-corrected chi connectivity index (χ1v) is 10.1. The molecule has 0 aliphatic rings. The van der Waals surface area contributed by atoms with Crippen LogP contribution in [0.5, 0.6) is 5.75 Å². The van der Waals surface area contributed by atoms with Crippen LogP contribution in [0.4, 0.5) is 0 Å². The molecule has 1 heterocycles. The van der Waals surface area contributed by atoms with Gasteiger partial charge in [-0.25, -0.2) is 4.79 Å². The molecule has 1 aromatic heterocycles. The van der Waals surface area contributed by atoms with E-state index >= 15 is 0 Å². The Hall–Kier alpha value is -3.54. The number of aromatic amines is 1. The smallest absolute Gasteiger partial charge is 0.359 e. The molecule has 4 rings (SSSR count). The third kappa shape index (κ3) is 3.45. The molecule has 0 aliphatic carbocycles. The Morgan fingerprint density at radius 1 is 1.00 bits per heavy atom. The van der Waals surface area contributed by atoms with Crippen LogP contribution in [0.3, 0.4) is 0 Å². The van der Waals surface area contributed by atoms with Gasteiger partial charge in [0.25, 0.3) is 0 Å². The number of H-pyrrole nitrogens is 1. The number of hydrogen-bond donors (Lipinski definition) is 1. The number of rotatable bonds is 8. The molecule has 0 unspecified atom stereocenters. The fraction of sp³-hybridized carbons (Fsp3) is 0.250. The first kappa shape index (κ1) is 19.8. The number of nitrogens with one attached hydrogen (secondary N) is 1. The van der Waals surface area contributed by atoms with Crippen molar-refractivity contribution in [3.8, 4) is 5.75 Å². The molecule has 0 amide bonds. The summed E-state index contributed by atoms with van der Waals surface area (Å²) in [4.78, 5) is 34.0. The van der Waals surface area contributed by atoms with Gasteiger partial charge in [0.15, 0.2) is 5.78 Å². The summed E-state index contributed by atoms with van der Waals surface area (Å²) in [5.41, 5.74) is 1.34. The van der Waals surface area contributed by atoms with Crippen LogP contribution in [-0.2, 0) is 0 Å². The van der Waals surface area contributed by atoms with Crippen molar-refractivity contribution in [2.24, 2.45) is 0 Å². The highest BCUT2D eigenvalue weighted by atomic mass is 16.7. The zero-order chi connectivity index (χ0) is 21.1. The number of benzene rings is 3. The summed E-state index contributed by atoms with van der Waals surface area (Å²) in [5, 5.41) is 1.84. The van der Waals surface area contributed by atoms with Gasteiger partial charge in [-0.1, -0.05) is 62.2 Å². The molecule has 0 bridgehead atoms. The van der Waals surface area contributed by atoms with Crippen molar-refractivity contribution in [2.45, 2.75) is 26.2 Å². The number of carbonyl (C=O) groups excluding carboxylic acids is 1. The van der Waals surface area contributed by atoms with Crippen LogP contribution in [0.1, 0.15) is 42.1 Å². The molecule has 6 nitrogen and oxygen atoms in total. The van der Waals surface area contributed by atoms with Gasteiger partial charge in [0.05, 0.1) is 12.2 Å². The number of nitrogens with zero attached hydrogens (tertiary/aromatic N) is 1. The van der Waals surface area contributed by atoms with E-state index in [1.807, 2.05) is 36.4 Å². The second-order valence-corrected chi connectivity index (χ2v) is 7.15. The highest BCUT2D eigenvalue weighted by Crippen LogP contribution is 2.29. The third-order valence-corrected chi connectivity index (χ3v) is 5.23. The van der Waals surface area contributed by atoms with E-state index in [4.69, 9.17) is 9.57 Å². The fourth-order valence-electron chi connectivity index (χ4n) is 3.74. The van der Waals surface area contributed by atoms with Crippen LogP contribution >= 0.6 is 0 Å². The molecule has 154 valence electrons. The maximum atomic E-state index is 13.5. The molecular formula is C24H24N2O4. The van der Waals surface area contributed by atoms with Crippen LogP contribution in [0.2, 0.25) is 0 Å². The first-order chi connectivity index (χ1) is 14.7. The number of carbonyl (C=O) groups is 1. The minimum Gasteiger partial charge on any atom is -0.491 e. The summed E-state index contributed by atoms with van der Waals surface area (Å²) in [6.45, 7) is 2.67. The van der Waals surface area contributed by atoms with Gasteiger partial charge in [0.2, 0.25) is 0 Å². The molecule has 1 N–H and O–H groups in total. The van der Waals surface area contributed by atoms with Crippen LogP contribution in [0.25, 0.3) is 21.8 Å². The lowest BCUT2D eigenvalue weighted by molar-refractivity contribution is 0.103. The van der Waals surface area contributed by atoms with Crippen molar-refractivity contribution in [1.29, 1.82) is 0 Å². The Bertz CT molecular complexity index is 1260. The summed E-state index contributed by atoms with van der Waals surface area (Å²) in [7, 11) is 1.40. The van der Waals surface area contributed by atoms with Crippen LogP contribution in [0, 0.1) is 0 Å². The molecule has 0 radical (unpaired) electrons. The lowest BCUT2D eigenvalue weighted by Crippen LogP contribution is -2.22. The number of fused-ring (bicyclic) bond motifs is 2. The quantitative estimate of drug-likeness (QED) is 0.350. The summed E-state index contributed by atoms with van der Waals surface area (Å²) in [5.74, 6) is 0.350. The van der Waals surface area contributed by atoms with Gasteiger partial charge in [-0.05, 0) is 29.3 Å². The van der Waals surface area contributed by atoms with E-state index in [0.29, 0.717) is 34.5 Å². The minimum absolute atomic E-state index is 0.181. The molecule has 0 saturated carbocycles. The average Bonchev–Trinajstić information content (AvgIpc) is 3.12. The standard InChI is InChI=1S/C24H24N2O4/c1-3-4-7-15-30-20-14-13-19(22-21(20)25-24(28)26(22)29-2)23(27)18-12-8-10-16-9-5-6-11-17(16)18/h5-6,8-14H,3-4,7,15H2,1-2H3,(H,25,28). The second kappa shape index (κ2) is 8.45. The largest absolute Gasteiger partial charge is 0.491 e. The predicted octanol–water partition coefficient (Wildman–Crippen LogP) is 4.34. The van der Waals surface area contributed by atoms with E-state index in [9.17, 15) is 9.59 Å². The number of aromatic nitrogens is 2. The van der Waals surface area contributed by atoms with E-state index in [2.05, 4.69) is 11.9 Å². The number of imidazole rings is 1. The molecule has 3 aromatic carbocycles. The van der Waals surface area contributed by atoms with Gasteiger partial charge in [-0.3, -0.25) is 9.78 Å². The fourth-order valence-corrected chi connectivity index (χ4v) is 3.74. The molecule has 6 heteroatoms. The maximum Gasteiger partial charge on any atom is 0.359 e. The summed E-state index contributed by atoms with van der Waals surface area (Å²) < 4.78 is 7.00. The lowest BCUT2D eigenvalue weighted by Gasteiger charge is -2.11. The molecule has 0 saturated heterocycles. The Morgan fingerprint density at radius 3 is 2.60 bits per heavy atom. The number of ether oxygens (including phenoxy) is 1. The maximum absolute atomic E-state index is 13.5. The van der Waals surface area contributed by atoms with Crippen LogP contribution in [0.15, 0.2) is 59.4 Å². The highest BCUT2D eigenvalue weighted by molar-refractivity contribution is 6.21. The van der Waals surface area contributed by atoms with E-state index in [1.54, 1.807) is 18.2 Å². The zero-order valence-corrected chi connectivity index (χ0v) is 17.1. The van der Waals surface area contributed by atoms with Crippen molar-refractivity contribution in [2.75, 3.05) is 13.7 Å². The molecule has 0 aliphatic heterocycles. The van der Waals surface area contributed by atoms with Crippen molar-refractivity contribution in [3.63, 3.8) is 0 Å².